The Balaban J connectivity index is 2.53. The van der Waals surface area contributed by atoms with Gasteiger partial charge in [0.15, 0.2) is 0 Å². The van der Waals surface area contributed by atoms with Crippen LogP contribution < -0.4 is 0 Å². The molecule has 0 aliphatic carbocycles. The Kier molecular flexibility index (Phi) is 4.05. The van der Waals surface area contributed by atoms with Gasteiger partial charge >= 0.3 is 18.0 Å². The Bertz CT molecular complexity index is 661. The zero-order valence-electron chi connectivity index (χ0n) is 10.5. The Morgan fingerprint density at radius 2 is 1.41 bits per heavy atom. The van der Waals surface area contributed by atoms with E-state index < -0.39 is 28.1 Å². The summed E-state index contributed by atoms with van der Waals surface area (Å²) in [6.45, 7) is 0. The zero-order chi connectivity index (χ0) is 16.8. The molecule has 0 fully saturated rings. The van der Waals surface area contributed by atoms with Crippen LogP contribution in [0.25, 0.3) is 11.3 Å². The lowest BCUT2D eigenvalue weighted by atomic mass is 10.0. The summed E-state index contributed by atoms with van der Waals surface area (Å²) < 4.78 is 89.7. The molecule has 0 spiro atoms. The minimum atomic E-state index is -6.37. The molecule has 1 N–H and O–H groups in total. The first kappa shape index (κ1) is 16.9. The lowest BCUT2D eigenvalue weighted by Gasteiger charge is -2.28. The van der Waals surface area contributed by atoms with Crippen molar-refractivity contribution in [1.82, 2.24) is 4.98 Å². The molecule has 1 heterocycles. The molecule has 0 unspecified atom stereocenters. The third-order valence-corrected chi connectivity index (χ3v) is 3.79. The van der Waals surface area contributed by atoms with Crippen molar-refractivity contribution < 1.29 is 30.7 Å². The van der Waals surface area contributed by atoms with Gasteiger partial charge < -0.3 is 4.98 Å². The van der Waals surface area contributed by atoms with Crippen molar-refractivity contribution in [2.45, 2.75) is 18.0 Å². The molecule has 0 radical (unpaired) electrons. The van der Waals surface area contributed by atoms with E-state index in [0.717, 1.165) is 0 Å². The third-order valence-electron chi connectivity index (χ3n) is 2.97. The molecular formula is C13H7BrF7N. The summed E-state index contributed by atoms with van der Waals surface area (Å²) in [5.41, 5.74) is -1.13. The van der Waals surface area contributed by atoms with E-state index in [1.165, 1.54) is 12.1 Å². The molecule has 22 heavy (non-hydrogen) atoms. The van der Waals surface area contributed by atoms with Gasteiger partial charge in [0, 0.05) is 6.20 Å². The highest BCUT2D eigenvalue weighted by atomic mass is 79.9. The Morgan fingerprint density at radius 1 is 0.864 bits per heavy atom. The van der Waals surface area contributed by atoms with E-state index in [1.54, 1.807) is 18.2 Å². The van der Waals surface area contributed by atoms with Crippen molar-refractivity contribution >= 4 is 15.9 Å². The average molecular weight is 390 g/mol. The van der Waals surface area contributed by atoms with Gasteiger partial charge in [-0.2, -0.15) is 30.7 Å². The van der Waals surface area contributed by atoms with Crippen molar-refractivity contribution in [3.8, 4) is 11.3 Å². The van der Waals surface area contributed by atoms with Crippen molar-refractivity contribution in [2.75, 3.05) is 0 Å². The number of hydrogen-bond acceptors (Lipinski definition) is 0. The van der Waals surface area contributed by atoms with Crippen LogP contribution in [0.1, 0.15) is 5.56 Å². The molecule has 9 heteroatoms. The van der Waals surface area contributed by atoms with Gasteiger partial charge in [-0.25, -0.2) is 0 Å². The highest BCUT2D eigenvalue weighted by molar-refractivity contribution is 9.10. The van der Waals surface area contributed by atoms with Gasteiger partial charge in [-0.15, -0.1) is 0 Å². The number of nitrogens with one attached hydrogen (secondary N) is 1. The molecule has 2 rings (SSSR count). The van der Waals surface area contributed by atoms with Gasteiger partial charge in [0.05, 0.1) is 15.7 Å². The summed E-state index contributed by atoms with van der Waals surface area (Å²) in [5.74, 6) is -11.6. The highest BCUT2D eigenvalue weighted by Gasteiger charge is 2.74. The van der Waals surface area contributed by atoms with E-state index in [2.05, 4.69) is 20.9 Å². The fraction of sp³-hybridized carbons (Fsp3) is 0.231. The molecule has 1 aromatic heterocycles. The second-order valence-corrected chi connectivity index (χ2v) is 5.20. The highest BCUT2D eigenvalue weighted by Crippen LogP contribution is 2.54. The average Bonchev–Trinajstić information content (AvgIpc) is 2.80. The normalized spacial score (nSPS) is 13.5. The minimum Gasteiger partial charge on any atom is -0.360 e. The van der Waals surface area contributed by atoms with Crippen molar-refractivity contribution in [2.24, 2.45) is 0 Å². The number of aromatic nitrogens is 1. The number of aromatic amines is 1. The van der Waals surface area contributed by atoms with Gasteiger partial charge in [0.2, 0.25) is 0 Å². The SMILES string of the molecule is FC(F)(F)C(F)(F)C(F)(F)c1c[nH]c(-c2ccccc2)c1Br. The van der Waals surface area contributed by atoms with Crippen molar-refractivity contribution in [3.05, 3.63) is 46.6 Å². The molecule has 1 nitrogen and oxygen atoms in total. The molecule has 0 saturated heterocycles. The molecule has 0 aliphatic heterocycles. The largest absolute Gasteiger partial charge is 0.460 e. The number of H-pyrrole nitrogens is 1. The quantitative estimate of drug-likeness (QED) is 0.644. The third kappa shape index (κ3) is 2.51. The van der Waals surface area contributed by atoms with E-state index >= 15 is 0 Å². The lowest BCUT2D eigenvalue weighted by molar-refractivity contribution is -0.359. The molecule has 0 bridgehead atoms. The number of alkyl halides is 7. The summed E-state index contributed by atoms with van der Waals surface area (Å²) in [7, 11) is 0. The standard InChI is InChI=1S/C13H7BrF7N/c14-9-8(11(15,16)12(17,18)13(19,20)21)6-22-10(9)7-4-2-1-3-5-7/h1-6,22H. The zero-order valence-corrected chi connectivity index (χ0v) is 12.1. The van der Waals surface area contributed by atoms with E-state index in [9.17, 15) is 30.7 Å². The summed E-state index contributed by atoms with van der Waals surface area (Å²) in [6.07, 6.45) is -5.94. The van der Waals surface area contributed by atoms with Crippen LogP contribution in [0.15, 0.2) is 41.0 Å². The van der Waals surface area contributed by atoms with Crippen LogP contribution in [0.3, 0.4) is 0 Å². The maximum atomic E-state index is 13.7. The number of halogens is 8. The Hall–Kier alpha value is -1.51. The Labute approximate surface area is 128 Å². The van der Waals surface area contributed by atoms with Crippen LogP contribution in [0.2, 0.25) is 0 Å². The molecule has 0 amide bonds. The van der Waals surface area contributed by atoms with Crippen LogP contribution in [-0.4, -0.2) is 17.1 Å². The summed E-state index contributed by atoms with van der Waals surface area (Å²) in [4.78, 5) is 2.29. The van der Waals surface area contributed by atoms with Gasteiger partial charge in [0.25, 0.3) is 0 Å². The predicted octanol–water partition coefficient (Wildman–Crippen LogP) is 5.73. The second kappa shape index (κ2) is 5.29. The molecular weight excluding hydrogens is 383 g/mol. The maximum Gasteiger partial charge on any atom is 0.460 e. The number of hydrogen-bond donors (Lipinski definition) is 1. The first-order valence-electron chi connectivity index (χ1n) is 5.75. The fourth-order valence-electron chi connectivity index (χ4n) is 1.80. The summed E-state index contributed by atoms with van der Waals surface area (Å²) in [5, 5.41) is 0. The van der Waals surface area contributed by atoms with Crippen LogP contribution in [0, 0.1) is 0 Å². The fourth-order valence-corrected chi connectivity index (χ4v) is 2.50. The monoisotopic (exact) mass is 389 g/mol. The minimum absolute atomic E-state index is 0.0201. The van der Waals surface area contributed by atoms with Crippen molar-refractivity contribution in [1.29, 1.82) is 0 Å². The van der Waals surface area contributed by atoms with Gasteiger partial charge in [-0.3, -0.25) is 0 Å². The summed E-state index contributed by atoms with van der Waals surface area (Å²) in [6, 6.07) is 7.73. The van der Waals surface area contributed by atoms with Crippen LogP contribution in [0.4, 0.5) is 30.7 Å². The predicted molar refractivity (Wildman–Crippen MR) is 68.8 cm³/mol. The summed E-state index contributed by atoms with van der Waals surface area (Å²) >= 11 is 2.67. The van der Waals surface area contributed by atoms with E-state index in [4.69, 9.17) is 0 Å². The van der Waals surface area contributed by atoms with Crippen LogP contribution >= 0.6 is 15.9 Å². The first-order chi connectivity index (χ1) is 10.00. The second-order valence-electron chi connectivity index (χ2n) is 4.40. The lowest BCUT2D eigenvalue weighted by Crippen LogP contribution is -2.50. The maximum absolute atomic E-state index is 13.7. The first-order valence-corrected chi connectivity index (χ1v) is 6.54. The van der Waals surface area contributed by atoms with Gasteiger partial charge in [-0.1, -0.05) is 30.3 Å². The molecule has 120 valence electrons. The van der Waals surface area contributed by atoms with Gasteiger partial charge in [0.1, 0.15) is 0 Å². The molecule has 1 aromatic carbocycles. The molecule has 2 aromatic rings. The van der Waals surface area contributed by atoms with Gasteiger partial charge in [-0.05, 0) is 21.5 Å². The number of rotatable bonds is 3. The van der Waals surface area contributed by atoms with E-state index in [-0.39, 0.29) is 5.69 Å². The van der Waals surface area contributed by atoms with Crippen LogP contribution in [0.5, 0.6) is 0 Å². The molecule has 0 aliphatic rings. The Morgan fingerprint density at radius 3 is 1.91 bits per heavy atom. The van der Waals surface area contributed by atoms with E-state index in [1.807, 2.05) is 0 Å². The van der Waals surface area contributed by atoms with Crippen molar-refractivity contribution in [3.63, 3.8) is 0 Å². The molecule has 0 saturated carbocycles. The molecule has 0 atom stereocenters. The topological polar surface area (TPSA) is 15.8 Å². The smallest absolute Gasteiger partial charge is 0.360 e. The number of benzene rings is 1. The van der Waals surface area contributed by atoms with Crippen LogP contribution in [-0.2, 0) is 5.92 Å². The van der Waals surface area contributed by atoms with E-state index in [0.29, 0.717) is 11.8 Å².